The largest absolute Gasteiger partial charge is 0.360 e. The normalized spacial score (nSPS) is 15.6. The summed E-state index contributed by atoms with van der Waals surface area (Å²) in [5, 5.41) is 6.49. The van der Waals surface area contributed by atoms with Gasteiger partial charge in [0.05, 0.1) is 6.54 Å². The highest BCUT2D eigenvalue weighted by Crippen LogP contribution is 2.28. The van der Waals surface area contributed by atoms with Crippen LogP contribution in [0.4, 0.5) is 5.82 Å². The minimum absolute atomic E-state index is 0.0288. The summed E-state index contributed by atoms with van der Waals surface area (Å²) in [6, 6.07) is 2.70. The molecular formula is C12H19N3O2. The quantitative estimate of drug-likeness (QED) is 0.848. The van der Waals surface area contributed by atoms with Gasteiger partial charge in [-0.3, -0.25) is 9.69 Å². The van der Waals surface area contributed by atoms with Crippen molar-refractivity contribution >= 4 is 11.7 Å². The third kappa shape index (κ3) is 3.30. The molecule has 1 aromatic rings. The van der Waals surface area contributed by atoms with E-state index in [1.165, 1.54) is 12.8 Å². The van der Waals surface area contributed by atoms with Crippen LogP contribution >= 0.6 is 0 Å². The highest BCUT2D eigenvalue weighted by molar-refractivity contribution is 5.91. The Balaban J connectivity index is 1.87. The number of aromatic nitrogens is 1. The Morgan fingerprint density at radius 2 is 2.35 bits per heavy atom. The predicted molar refractivity (Wildman–Crippen MR) is 64.7 cm³/mol. The van der Waals surface area contributed by atoms with E-state index in [1.54, 1.807) is 13.0 Å². The number of hydrogen-bond donors (Lipinski definition) is 1. The number of hydrogen-bond acceptors (Lipinski definition) is 4. The molecule has 0 spiro atoms. The van der Waals surface area contributed by atoms with E-state index in [-0.39, 0.29) is 5.91 Å². The molecule has 94 valence electrons. The Morgan fingerprint density at radius 3 is 2.82 bits per heavy atom. The van der Waals surface area contributed by atoms with Crippen molar-refractivity contribution in [1.29, 1.82) is 0 Å². The average Bonchev–Trinajstić information content (AvgIpc) is 3.00. The van der Waals surface area contributed by atoms with Crippen molar-refractivity contribution in [3.8, 4) is 0 Å². The summed E-state index contributed by atoms with van der Waals surface area (Å²) < 4.78 is 4.90. The lowest BCUT2D eigenvalue weighted by Gasteiger charge is -2.25. The molecule has 1 heterocycles. The molecule has 17 heavy (non-hydrogen) atoms. The van der Waals surface area contributed by atoms with Crippen LogP contribution in [0.3, 0.4) is 0 Å². The molecule has 0 aromatic carbocycles. The van der Waals surface area contributed by atoms with Crippen LogP contribution in [-0.2, 0) is 4.79 Å². The van der Waals surface area contributed by atoms with Gasteiger partial charge in [0, 0.05) is 18.2 Å². The third-order valence-electron chi connectivity index (χ3n) is 2.90. The molecule has 2 rings (SSSR count). The molecule has 1 N–H and O–H groups in total. The van der Waals surface area contributed by atoms with Gasteiger partial charge >= 0.3 is 0 Å². The molecule has 0 atom stereocenters. The van der Waals surface area contributed by atoms with Gasteiger partial charge in [0.1, 0.15) is 5.76 Å². The van der Waals surface area contributed by atoms with Gasteiger partial charge < -0.3 is 9.84 Å². The number of carbonyl (C=O) groups excluding carboxylic acids is 1. The Bertz CT molecular complexity index is 394. The van der Waals surface area contributed by atoms with Crippen LogP contribution in [0.15, 0.2) is 10.6 Å². The van der Waals surface area contributed by atoms with Crippen LogP contribution < -0.4 is 5.32 Å². The molecule has 1 aromatic heterocycles. The number of nitrogens with one attached hydrogen (secondary N) is 1. The van der Waals surface area contributed by atoms with Crippen molar-refractivity contribution in [2.75, 3.05) is 11.9 Å². The Labute approximate surface area is 101 Å². The van der Waals surface area contributed by atoms with E-state index in [4.69, 9.17) is 4.52 Å². The SMILES string of the molecule is Cc1cc(NC(=O)CN(C(C)C)C2CC2)no1. The van der Waals surface area contributed by atoms with E-state index >= 15 is 0 Å². The molecule has 5 nitrogen and oxygen atoms in total. The first-order valence-electron chi connectivity index (χ1n) is 6.05. The van der Waals surface area contributed by atoms with Crippen LogP contribution in [0, 0.1) is 6.92 Å². The van der Waals surface area contributed by atoms with Gasteiger partial charge in [-0.1, -0.05) is 5.16 Å². The zero-order chi connectivity index (χ0) is 12.4. The maximum atomic E-state index is 11.8. The number of aryl methyl sites for hydroxylation is 1. The summed E-state index contributed by atoms with van der Waals surface area (Å²) in [6.45, 7) is 6.46. The number of amides is 1. The average molecular weight is 237 g/mol. The highest BCUT2D eigenvalue weighted by atomic mass is 16.5. The highest BCUT2D eigenvalue weighted by Gasteiger charge is 2.31. The lowest BCUT2D eigenvalue weighted by atomic mass is 10.3. The molecule has 0 radical (unpaired) electrons. The van der Waals surface area contributed by atoms with Gasteiger partial charge in [0.15, 0.2) is 5.82 Å². The number of rotatable bonds is 5. The van der Waals surface area contributed by atoms with Crippen LogP contribution in [0.5, 0.6) is 0 Å². The van der Waals surface area contributed by atoms with Gasteiger partial charge in [0.25, 0.3) is 0 Å². The van der Waals surface area contributed by atoms with Crippen molar-refractivity contribution in [2.45, 2.75) is 45.7 Å². The summed E-state index contributed by atoms with van der Waals surface area (Å²) in [5.74, 6) is 1.16. The molecule has 0 bridgehead atoms. The second-order valence-corrected chi connectivity index (χ2v) is 4.87. The van der Waals surface area contributed by atoms with Crippen molar-refractivity contribution in [3.05, 3.63) is 11.8 Å². The zero-order valence-corrected chi connectivity index (χ0v) is 10.6. The van der Waals surface area contributed by atoms with Gasteiger partial charge in [-0.2, -0.15) is 0 Å². The molecule has 1 saturated carbocycles. The zero-order valence-electron chi connectivity index (χ0n) is 10.6. The minimum atomic E-state index is -0.0288. The third-order valence-corrected chi connectivity index (χ3v) is 2.90. The predicted octanol–water partition coefficient (Wildman–Crippen LogP) is 1.79. The summed E-state index contributed by atoms with van der Waals surface area (Å²) in [5.41, 5.74) is 0. The maximum absolute atomic E-state index is 11.8. The summed E-state index contributed by atoms with van der Waals surface area (Å²) in [7, 11) is 0. The summed E-state index contributed by atoms with van der Waals surface area (Å²) in [6.07, 6.45) is 2.41. The molecule has 1 fully saturated rings. The van der Waals surface area contributed by atoms with Crippen LogP contribution in [0.1, 0.15) is 32.4 Å². The van der Waals surface area contributed by atoms with Gasteiger partial charge in [0.2, 0.25) is 5.91 Å². The molecule has 1 aliphatic rings. The lowest BCUT2D eigenvalue weighted by molar-refractivity contribution is -0.117. The van der Waals surface area contributed by atoms with E-state index in [1.807, 2.05) is 0 Å². The number of anilines is 1. The molecule has 5 heteroatoms. The molecule has 1 amide bonds. The lowest BCUT2D eigenvalue weighted by Crippen LogP contribution is -2.39. The first-order chi connectivity index (χ1) is 8.06. The van der Waals surface area contributed by atoms with Gasteiger partial charge in [-0.15, -0.1) is 0 Å². The fourth-order valence-electron chi connectivity index (χ4n) is 1.91. The first kappa shape index (κ1) is 12.1. The number of carbonyl (C=O) groups is 1. The Hall–Kier alpha value is -1.36. The van der Waals surface area contributed by atoms with E-state index in [0.29, 0.717) is 30.2 Å². The van der Waals surface area contributed by atoms with Crippen molar-refractivity contribution in [2.24, 2.45) is 0 Å². The van der Waals surface area contributed by atoms with E-state index < -0.39 is 0 Å². The fourth-order valence-corrected chi connectivity index (χ4v) is 1.91. The Kier molecular flexibility index (Phi) is 3.47. The van der Waals surface area contributed by atoms with E-state index in [0.717, 1.165) is 0 Å². The van der Waals surface area contributed by atoms with Crippen molar-refractivity contribution in [1.82, 2.24) is 10.1 Å². The van der Waals surface area contributed by atoms with Crippen LogP contribution in [0.2, 0.25) is 0 Å². The smallest absolute Gasteiger partial charge is 0.239 e. The molecule has 1 aliphatic carbocycles. The molecule has 0 unspecified atom stereocenters. The second-order valence-electron chi connectivity index (χ2n) is 4.87. The summed E-state index contributed by atoms with van der Waals surface area (Å²) in [4.78, 5) is 14.1. The topological polar surface area (TPSA) is 58.4 Å². The van der Waals surface area contributed by atoms with Crippen molar-refractivity contribution in [3.63, 3.8) is 0 Å². The summed E-state index contributed by atoms with van der Waals surface area (Å²) >= 11 is 0. The Morgan fingerprint density at radius 1 is 1.65 bits per heavy atom. The van der Waals surface area contributed by atoms with Crippen LogP contribution in [-0.4, -0.2) is 34.6 Å². The van der Waals surface area contributed by atoms with E-state index in [9.17, 15) is 4.79 Å². The number of nitrogens with zero attached hydrogens (tertiary/aromatic N) is 2. The monoisotopic (exact) mass is 237 g/mol. The van der Waals surface area contributed by atoms with Gasteiger partial charge in [-0.05, 0) is 33.6 Å². The molecule has 0 saturated heterocycles. The van der Waals surface area contributed by atoms with Crippen LogP contribution in [0.25, 0.3) is 0 Å². The van der Waals surface area contributed by atoms with Crippen molar-refractivity contribution < 1.29 is 9.32 Å². The minimum Gasteiger partial charge on any atom is -0.360 e. The first-order valence-corrected chi connectivity index (χ1v) is 6.05. The molecular weight excluding hydrogens is 218 g/mol. The van der Waals surface area contributed by atoms with E-state index in [2.05, 4.69) is 29.2 Å². The molecule has 0 aliphatic heterocycles. The fraction of sp³-hybridized carbons (Fsp3) is 0.667. The van der Waals surface area contributed by atoms with Gasteiger partial charge in [-0.25, -0.2) is 0 Å². The maximum Gasteiger partial charge on any atom is 0.239 e. The standard InChI is InChI=1S/C12H19N3O2/c1-8(2)15(10-4-5-10)7-12(16)13-11-6-9(3)17-14-11/h6,8,10H,4-5,7H2,1-3H3,(H,13,14,16). The second kappa shape index (κ2) is 4.87.